The molecule has 3 fully saturated rings. The molecule has 2 aliphatic heterocycles. The molecular weight excluding hydrogens is 799 g/mol. The van der Waals surface area contributed by atoms with E-state index in [1.54, 1.807) is 60.0 Å². The van der Waals surface area contributed by atoms with E-state index in [9.17, 15) is 43.2 Å². The molecule has 0 spiro atoms. The Morgan fingerprint density at radius 3 is 2.17 bits per heavy atom. The standard InChI is InChI=1S/C39H43N11O9S/c1-20-36(55)50(39(57)43-20)30-16-29(32(53)33(30)54)49-19-42-31-34(41-17-28(21-2-8-25(51)9-3-21)22-4-10-26(52)11-5-22)46-37(47-35(31)49)48-15-14-24(18-48)45-38(56)44-23-6-12-27(13-7-23)60(40,58)59/h2-13,19-20,24,28-30,32-33,51-54H,14-18H2,1H3,(H,43,57)(H2,40,58,59)(H,41,46,47)(H2,44,45,56)/t20-,24+,29+,30-,32-,33+/m0/s1. The zero-order valence-electron chi connectivity index (χ0n) is 32.1. The van der Waals surface area contributed by atoms with Crippen LogP contribution in [-0.4, -0.2) is 121 Å². The van der Waals surface area contributed by atoms with Crippen LogP contribution in [0, 0.1) is 0 Å². The number of urea groups is 2. The van der Waals surface area contributed by atoms with Gasteiger partial charge in [0.05, 0.1) is 23.3 Å². The van der Waals surface area contributed by atoms with E-state index in [2.05, 4.69) is 26.3 Å². The second-order valence-electron chi connectivity index (χ2n) is 15.1. The fourth-order valence-electron chi connectivity index (χ4n) is 8.05. The minimum atomic E-state index is -3.90. The summed E-state index contributed by atoms with van der Waals surface area (Å²) in [5.41, 5.74) is 2.71. The molecule has 21 heteroatoms. The van der Waals surface area contributed by atoms with Crippen molar-refractivity contribution < 1.29 is 43.2 Å². The van der Waals surface area contributed by atoms with Gasteiger partial charge in [-0.15, -0.1) is 0 Å². The number of carbonyl (C=O) groups excluding carboxylic acids is 3. The first-order valence-electron chi connectivity index (χ1n) is 19.2. The summed E-state index contributed by atoms with van der Waals surface area (Å²) in [6.07, 6.45) is -0.851. The van der Waals surface area contributed by atoms with Crippen LogP contribution in [0.3, 0.4) is 0 Å². The van der Waals surface area contributed by atoms with Crippen molar-refractivity contribution in [2.75, 3.05) is 35.2 Å². The number of aliphatic hydroxyl groups is 2. The first-order valence-corrected chi connectivity index (χ1v) is 20.7. The Bertz CT molecular complexity index is 2490. The van der Waals surface area contributed by atoms with Gasteiger partial charge in [0.15, 0.2) is 17.0 Å². The van der Waals surface area contributed by atoms with E-state index in [1.165, 1.54) is 30.6 Å². The Labute approximate surface area is 343 Å². The lowest BCUT2D eigenvalue weighted by molar-refractivity contribution is -0.130. The highest BCUT2D eigenvalue weighted by Gasteiger charge is 2.51. The van der Waals surface area contributed by atoms with Crippen molar-refractivity contribution in [3.05, 3.63) is 90.3 Å². The van der Waals surface area contributed by atoms with Crippen molar-refractivity contribution in [3.8, 4) is 11.5 Å². The summed E-state index contributed by atoms with van der Waals surface area (Å²) < 4.78 is 24.9. The number of hydrogen-bond donors (Lipinski definition) is 9. The zero-order chi connectivity index (χ0) is 42.5. The largest absolute Gasteiger partial charge is 0.508 e. The van der Waals surface area contributed by atoms with E-state index in [0.29, 0.717) is 42.2 Å². The number of nitrogens with one attached hydrogen (secondary N) is 4. The van der Waals surface area contributed by atoms with Gasteiger partial charge in [-0.2, -0.15) is 9.97 Å². The van der Waals surface area contributed by atoms with E-state index in [0.717, 1.165) is 16.0 Å². The molecule has 1 saturated carbocycles. The number of imidazole rings is 1. The number of aromatic hydroxyl groups is 2. The molecule has 1 aliphatic carbocycles. The van der Waals surface area contributed by atoms with Gasteiger partial charge in [0.25, 0.3) is 5.91 Å². The molecule has 0 unspecified atom stereocenters. The van der Waals surface area contributed by atoms with Crippen molar-refractivity contribution in [2.24, 2.45) is 5.14 Å². The molecule has 0 bridgehead atoms. The van der Waals surface area contributed by atoms with Crippen LogP contribution in [0.1, 0.15) is 42.9 Å². The molecule has 6 atom stereocenters. The second-order valence-corrected chi connectivity index (χ2v) is 16.7. The summed E-state index contributed by atoms with van der Waals surface area (Å²) in [6, 6.07) is 14.8. The Hall–Kier alpha value is -6.55. The van der Waals surface area contributed by atoms with Crippen molar-refractivity contribution in [3.63, 3.8) is 0 Å². The van der Waals surface area contributed by atoms with Crippen molar-refractivity contribution in [1.82, 2.24) is 35.1 Å². The van der Waals surface area contributed by atoms with Gasteiger partial charge in [-0.1, -0.05) is 24.3 Å². The quantitative estimate of drug-likeness (QED) is 0.0853. The number of sulfonamides is 1. The molecule has 3 aliphatic rings. The summed E-state index contributed by atoms with van der Waals surface area (Å²) >= 11 is 0. The number of phenolic OH excluding ortho intramolecular Hbond substituents is 2. The fourth-order valence-corrected chi connectivity index (χ4v) is 8.57. The average Bonchev–Trinajstić information content (AvgIpc) is 3.98. The molecule has 20 nitrogen and oxygen atoms in total. The van der Waals surface area contributed by atoms with Crippen LogP contribution in [0.15, 0.2) is 84.0 Å². The Morgan fingerprint density at radius 1 is 0.933 bits per heavy atom. The van der Waals surface area contributed by atoms with Gasteiger partial charge in [-0.05, 0) is 79.4 Å². The number of phenols is 2. The number of carbonyl (C=O) groups is 3. The number of nitrogens with zero attached hydrogens (tertiary/aromatic N) is 6. The maximum Gasteiger partial charge on any atom is 0.325 e. The van der Waals surface area contributed by atoms with E-state index in [4.69, 9.17) is 15.1 Å². The predicted molar refractivity (Wildman–Crippen MR) is 217 cm³/mol. The van der Waals surface area contributed by atoms with Crippen LogP contribution in [0.2, 0.25) is 0 Å². The molecular formula is C39H43N11O9S. The first kappa shape index (κ1) is 40.2. The van der Waals surface area contributed by atoms with E-state index in [1.807, 2.05) is 4.90 Å². The lowest BCUT2D eigenvalue weighted by Gasteiger charge is -2.24. The van der Waals surface area contributed by atoms with Gasteiger partial charge < -0.3 is 51.2 Å². The minimum absolute atomic E-state index is 0.0150. The number of primary sulfonamides is 1. The summed E-state index contributed by atoms with van der Waals surface area (Å²) in [5.74, 6) is 0.00418. The highest BCUT2D eigenvalue weighted by atomic mass is 32.2. The van der Waals surface area contributed by atoms with Gasteiger partial charge >= 0.3 is 12.1 Å². The summed E-state index contributed by atoms with van der Waals surface area (Å²) in [5, 5.41) is 59.4. The van der Waals surface area contributed by atoms with Crippen LogP contribution in [0.25, 0.3) is 11.2 Å². The summed E-state index contributed by atoms with van der Waals surface area (Å²) in [4.78, 5) is 55.8. The third kappa shape index (κ3) is 7.94. The highest BCUT2D eigenvalue weighted by Crippen LogP contribution is 2.38. The van der Waals surface area contributed by atoms with Crippen LogP contribution < -0.4 is 31.3 Å². The maximum absolute atomic E-state index is 13.0. The smallest absolute Gasteiger partial charge is 0.325 e. The molecule has 0 radical (unpaired) electrons. The normalized spacial score (nSPS) is 23.1. The van der Waals surface area contributed by atoms with E-state index < -0.39 is 58.3 Å². The van der Waals surface area contributed by atoms with Gasteiger partial charge in [0.2, 0.25) is 16.0 Å². The highest BCUT2D eigenvalue weighted by molar-refractivity contribution is 7.89. The van der Waals surface area contributed by atoms with Crippen LogP contribution in [0.4, 0.5) is 27.0 Å². The van der Waals surface area contributed by atoms with Crippen LogP contribution >= 0.6 is 0 Å². The molecule has 4 heterocycles. The number of aliphatic hydroxyl groups excluding tert-OH is 2. The van der Waals surface area contributed by atoms with Crippen LogP contribution in [-0.2, 0) is 14.8 Å². The van der Waals surface area contributed by atoms with E-state index in [-0.39, 0.29) is 47.3 Å². The molecule has 3 aromatic carbocycles. The predicted octanol–water partition coefficient (Wildman–Crippen LogP) is 1.50. The van der Waals surface area contributed by atoms with Crippen molar-refractivity contribution in [2.45, 2.75) is 67.0 Å². The number of imide groups is 1. The number of aromatic nitrogens is 4. The third-order valence-corrected chi connectivity index (χ3v) is 12.1. The van der Waals surface area contributed by atoms with Crippen molar-refractivity contribution in [1.29, 1.82) is 0 Å². The van der Waals surface area contributed by atoms with E-state index >= 15 is 0 Å². The first-order chi connectivity index (χ1) is 28.6. The molecule has 314 valence electrons. The number of amides is 5. The topological polar surface area (TPSA) is 290 Å². The number of rotatable bonds is 11. The van der Waals surface area contributed by atoms with Crippen molar-refractivity contribution >= 4 is 56.6 Å². The lowest BCUT2D eigenvalue weighted by atomic mass is 9.91. The Balaban J connectivity index is 1.09. The molecule has 60 heavy (non-hydrogen) atoms. The molecule has 5 amide bonds. The summed E-state index contributed by atoms with van der Waals surface area (Å²) in [7, 11) is -3.90. The van der Waals surface area contributed by atoms with Gasteiger partial charge in [0, 0.05) is 37.3 Å². The SMILES string of the molecule is C[C@@H]1NC(=O)N([C@H]2C[C@@H](n3cnc4c(NCC(c5ccc(O)cc5)c5ccc(O)cc5)nc(N5CC[C@@H](NC(=O)Nc6ccc(S(N)(=O)=O)cc6)C5)nc43)[C@H](O)[C@@H]2O)C1=O. The van der Waals surface area contributed by atoms with Gasteiger partial charge in [-0.25, -0.2) is 28.1 Å². The molecule has 2 aromatic heterocycles. The van der Waals surface area contributed by atoms with Gasteiger partial charge in [-0.3, -0.25) is 9.69 Å². The Kier molecular flexibility index (Phi) is 10.7. The molecule has 8 rings (SSSR count). The summed E-state index contributed by atoms with van der Waals surface area (Å²) in [6.45, 7) is 2.56. The molecule has 5 aromatic rings. The maximum atomic E-state index is 13.0. The second kappa shape index (κ2) is 15.9. The van der Waals surface area contributed by atoms with Gasteiger partial charge in [0.1, 0.15) is 29.7 Å². The third-order valence-electron chi connectivity index (χ3n) is 11.2. The average molecular weight is 842 g/mol. The van der Waals surface area contributed by atoms with Crippen LogP contribution in [0.5, 0.6) is 11.5 Å². The fraction of sp³-hybridized carbons (Fsp3) is 0.333. The minimum Gasteiger partial charge on any atom is -0.508 e. The number of fused-ring (bicyclic) bond motifs is 1. The lowest BCUT2D eigenvalue weighted by Crippen LogP contribution is -2.47. The zero-order valence-corrected chi connectivity index (χ0v) is 32.9. The number of hydrogen-bond acceptors (Lipinski definition) is 14. The monoisotopic (exact) mass is 841 g/mol. The molecule has 10 N–H and O–H groups in total. The Morgan fingerprint density at radius 2 is 1.57 bits per heavy atom. The molecule has 2 saturated heterocycles. The number of benzene rings is 3. The number of anilines is 3. The number of nitrogens with two attached hydrogens (primary N) is 1.